The first-order chi connectivity index (χ1) is 9.47. The number of ether oxygens (including phenoxy) is 1. The van der Waals surface area contributed by atoms with E-state index >= 15 is 0 Å². The molecule has 1 atom stereocenters. The van der Waals surface area contributed by atoms with E-state index in [1.165, 1.54) is 42.5 Å². The minimum atomic E-state index is -0.807. The van der Waals surface area contributed by atoms with Crippen molar-refractivity contribution in [3.8, 4) is 5.75 Å². The summed E-state index contributed by atoms with van der Waals surface area (Å²) >= 11 is 3.22. The number of hydrogen-bond acceptors (Lipinski definition) is 2. The van der Waals surface area contributed by atoms with Crippen molar-refractivity contribution in [2.75, 3.05) is 0 Å². The third-order valence-corrected chi connectivity index (χ3v) is 3.35. The number of carbonyl (C=O) groups is 1. The minimum absolute atomic E-state index is 0.243. The van der Waals surface area contributed by atoms with Crippen LogP contribution in [0, 0.1) is 11.6 Å². The number of halogens is 3. The maximum atomic E-state index is 13.1. The SMILES string of the molecule is CC(Oc1cc(F)ccc1Br)C(=O)c1ccc(F)cc1. The van der Waals surface area contributed by atoms with Gasteiger partial charge in [0.1, 0.15) is 17.4 Å². The molecule has 2 nitrogen and oxygen atoms in total. The molecule has 0 radical (unpaired) electrons. The third-order valence-electron chi connectivity index (χ3n) is 2.69. The normalized spacial score (nSPS) is 12.0. The van der Waals surface area contributed by atoms with Crippen LogP contribution in [-0.4, -0.2) is 11.9 Å². The molecule has 0 fully saturated rings. The Bertz CT molecular complexity index is 626. The monoisotopic (exact) mass is 340 g/mol. The molecule has 0 spiro atoms. The first-order valence-electron chi connectivity index (χ1n) is 5.89. The van der Waals surface area contributed by atoms with Crippen molar-refractivity contribution in [2.24, 2.45) is 0 Å². The van der Waals surface area contributed by atoms with Gasteiger partial charge < -0.3 is 4.74 Å². The first kappa shape index (κ1) is 14.7. The van der Waals surface area contributed by atoms with Crippen molar-refractivity contribution >= 4 is 21.7 Å². The van der Waals surface area contributed by atoms with Gasteiger partial charge in [0.25, 0.3) is 0 Å². The maximum absolute atomic E-state index is 13.1. The number of ketones is 1. The van der Waals surface area contributed by atoms with Gasteiger partial charge in [0.15, 0.2) is 6.10 Å². The lowest BCUT2D eigenvalue weighted by molar-refractivity contribution is 0.0816. The van der Waals surface area contributed by atoms with Crippen LogP contribution < -0.4 is 4.74 Å². The molecule has 0 N–H and O–H groups in total. The van der Waals surface area contributed by atoms with Crippen LogP contribution in [0.15, 0.2) is 46.9 Å². The summed E-state index contributed by atoms with van der Waals surface area (Å²) < 4.78 is 31.9. The predicted octanol–water partition coefficient (Wildman–Crippen LogP) is 4.38. The third kappa shape index (κ3) is 3.42. The molecule has 0 bridgehead atoms. The average molecular weight is 341 g/mol. The zero-order valence-corrected chi connectivity index (χ0v) is 12.2. The Hall–Kier alpha value is -1.75. The molecule has 0 amide bonds. The summed E-state index contributed by atoms with van der Waals surface area (Å²) in [5.74, 6) is -0.929. The Morgan fingerprint density at radius 3 is 2.35 bits per heavy atom. The molecule has 0 saturated carbocycles. The molecule has 2 aromatic carbocycles. The molecule has 1 unspecified atom stereocenters. The standard InChI is InChI=1S/C15H11BrF2O2/c1-9(15(19)10-2-4-11(17)5-3-10)20-14-8-12(18)6-7-13(14)16/h2-9H,1H3. The van der Waals surface area contributed by atoms with Crippen molar-refractivity contribution in [1.82, 2.24) is 0 Å². The van der Waals surface area contributed by atoms with Gasteiger partial charge in [-0.05, 0) is 59.3 Å². The van der Waals surface area contributed by atoms with Crippen LogP contribution in [0.3, 0.4) is 0 Å². The summed E-state index contributed by atoms with van der Waals surface area (Å²) in [5, 5.41) is 0. The fraction of sp³-hybridized carbons (Fsp3) is 0.133. The molecule has 0 aliphatic rings. The van der Waals surface area contributed by atoms with E-state index < -0.39 is 17.7 Å². The lowest BCUT2D eigenvalue weighted by Gasteiger charge is -2.15. The summed E-state index contributed by atoms with van der Waals surface area (Å²) in [7, 11) is 0. The molecule has 0 aliphatic heterocycles. The van der Waals surface area contributed by atoms with Gasteiger partial charge in [0, 0.05) is 11.6 Å². The highest BCUT2D eigenvalue weighted by molar-refractivity contribution is 9.10. The lowest BCUT2D eigenvalue weighted by Crippen LogP contribution is -2.24. The highest BCUT2D eigenvalue weighted by Gasteiger charge is 2.18. The molecule has 5 heteroatoms. The van der Waals surface area contributed by atoms with Gasteiger partial charge in [-0.25, -0.2) is 8.78 Å². The predicted molar refractivity (Wildman–Crippen MR) is 74.9 cm³/mol. The molecule has 20 heavy (non-hydrogen) atoms. The Balaban J connectivity index is 2.15. The summed E-state index contributed by atoms with van der Waals surface area (Å²) in [6.45, 7) is 1.56. The van der Waals surface area contributed by atoms with E-state index in [0.29, 0.717) is 10.0 Å². The average Bonchev–Trinajstić information content (AvgIpc) is 2.43. The van der Waals surface area contributed by atoms with Gasteiger partial charge in [0.05, 0.1) is 4.47 Å². The number of rotatable bonds is 4. The molecule has 2 rings (SSSR count). The fourth-order valence-corrected chi connectivity index (χ4v) is 2.00. The van der Waals surface area contributed by atoms with Gasteiger partial charge in [0.2, 0.25) is 5.78 Å². The quantitative estimate of drug-likeness (QED) is 0.772. The smallest absolute Gasteiger partial charge is 0.202 e. The van der Waals surface area contributed by atoms with Crippen molar-refractivity contribution in [3.05, 3.63) is 64.1 Å². The zero-order chi connectivity index (χ0) is 14.7. The molecule has 0 heterocycles. The summed E-state index contributed by atoms with van der Waals surface area (Å²) in [6.07, 6.45) is -0.807. The van der Waals surface area contributed by atoms with E-state index in [1.54, 1.807) is 6.92 Å². The molecule has 0 saturated heterocycles. The highest BCUT2D eigenvalue weighted by atomic mass is 79.9. The van der Waals surface area contributed by atoms with E-state index in [9.17, 15) is 13.6 Å². The van der Waals surface area contributed by atoms with Crippen LogP contribution in [0.1, 0.15) is 17.3 Å². The van der Waals surface area contributed by atoms with E-state index in [4.69, 9.17) is 4.74 Å². The van der Waals surface area contributed by atoms with Crippen LogP contribution >= 0.6 is 15.9 Å². The van der Waals surface area contributed by atoms with Gasteiger partial charge in [-0.2, -0.15) is 0 Å². The Labute approximate surface area is 123 Å². The minimum Gasteiger partial charge on any atom is -0.481 e. The Kier molecular flexibility index (Phi) is 4.49. The molecule has 104 valence electrons. The number of carbonyl (C=O) groups excluding carboxylic acids is 1. The van der Waals surface area contributed by atoms with E-state index in [2.05, 4.69) is 15.9 Å². The first-order valence-corrected chi connectivity index (χ1v) is 6.68. The second-order valence-electron chi connectivity index (χ2n) is 4.21. The van der Waals surface area contributed by atoms with Gasteiger partial charge in [-0.1, -0.05) is 0 Å². The topological polar surface area (TPSA) is 26.3 Å². The number of hydrogen-bond donors (Lipinski definition) is 0. The Morgan fingerprint density at radius 1 is 1.10 bits per heavy atom. The van der Waals surface area contributed by atoms with Crippen LogP contribution in [0.2, 0.25) is 0 Å². The maximum Gasteiger partial charge on any atom is 0.202 e. The Morgan fingerprint density at radius 2 is 1.70 bits per heavy atom. The zero-order valence-electron chi connectivity index (χ0n) is 10.6. The summed E-state index contributed by atoms with van der Waals surface area (Å²) in [5.41, 5.74) is 0.339. The second-order valence-corrected chi connectivity index (χ2v) is 5.06. The summed E-state index contributed by atoms with van der Waals surface area (Å²) in [6, 6.07) is 9.16. The second kappa shape index (κ2) is 6.13. The van der Waals surface area contributed by atoms with Crippen LogP contribution in [0.4, 0.5) is 8.78 Å². The van der Waals surface area contributed by atoms with Crippen LogP contribution in [0.25, 0.3) is 0 Å². The van der Waals surface area contributed by atoms with Crippen LogP contribution in [0.5, 0.6) is 5.75 Å². The van der Waals surface area contributed by atoms with Crippen molar-refractivity contribution in [1.29, 1.82) is 0 Å². The highest BCUT2D eigenvalue weighted by Crippen LogP contribution is 2.27. The number of benzene rings is 2. The largest absolute Gasteiger partial charge is 0.481 e. The van der Waals surface area contributed by atoms with Gasteiger partial charge in [-0.15, -0.1) is 0 Å². The van der Waals surface area contributed by atoms with Gasteiger partial charge in [-0.3, -0.25) is 4.79 Å². The summed E-state index contributed by atoms with van der Waals surface area (Å²) in [4.78, 5) is 12.1. The fourth-order valence-electron chi connectivity index (χ4n) is 1.66. The molecular weight excluding hydrogens is 330 g/mol. The number of Topliss-reactive ketones (excluding diaryl/α,β-unsaturated/α-hetero) is 1. The van der Waals surface area contributed by atoms with E-state index in [-0.39, 0.29) is 11.5 Å². The van der Waals surface area contributed by atoms with E-state index in [1.807, 2.05) is 0 Å². The van der Waals surface area contributed by atoms with E-state index in [0.717, 1.165) is 0 Å². The molecule has 0 aromatic heterocycles. The molecule has 0 aliphatic carbocycles. The van der Waals surface area contributed by atoms with Crippen LogP contribution in [-0.2, 0) is 0 Å². The molecule has 2 aromatic rings. The van der Waals surface area contributed by atoms with Crippen molar-refractivity contribution in [3.63, 3.8) is 0 Å². The van der Waals surface area contributed by atoms with Crippen molar-refractivity contribution in [2.45, 2.75) is 13.0 Å². The van der Waals surface area contributed by atoms with Gasteiger partial charge >= 0.3 is 0 Å². The molecular formula is C15H11BrF2O2. The lowest BCUT2D eigenvalue weighted by atomic mass is 10.1. The van der Waals surface area contributed by atoms with Crippen molar-refractivity contribution < 1.29 is 18.3 Å².